The second kappa shape index (κ2) is 5.85. The lowest BCUT2D eigenvalue weighted by Crippen LogP contribution is -2.40. The Morgan fingerprint density at radius 1 is 1.35 bits per heavy atom. The van der Waals surface area contributed by atoms with Gasteiger partial charge in [-0.25, -0.2) is 0 Å². The van der Waals surface area contributed by atoms with Gasteiger partial charge in [-0.15, -0.1) is 0 Å². The zero-order valence-corrected chi connectivity index (χ0v) is 11.5. The van der Waals surface area contributed by atoms with Crippen molar-refractivity contribution < 1.29 is 14.6 Å². The van der Waals surface area contributed by atoms with Gasteiger partial charge in [-0.05, 0) is 37.5 Å². The molecule has 0 radical (unpaired) electrons. The van der Waals surface area contributed by atoms with Crippen molar-refractivity contribution in [2.45, 2.75) is 59.5 Å². The minimum atomic E-state index is -0.698. The number of carboxylic acids is 1. The summed E-state index contributed by atoms with van der Waals surface area (Å²) >= 11 is 0. The van der Waals surface area contributed by atoms with Crippen LogP contribution in [-0.2, 0) is 9.53 Å². The van der Waals surface area contributed by atoms with E-state index in [1.807, 2.05) is 6.92 Å². The molecule has 1 saturated carbocycles. The maximum Gasteiger partial charge on any atom is 0.309 e. The summed E-state index contributed by atoms with van der Waals surface area (Å²) in [6, 6.07) is 0. The average molecular weight is 242 g/mol. The molecule has 0 amide bonds. The van der Waals surface area contributed by atoms with Gasteiger partial charge < -0.3 is 9.84 Å². The Bertz CT molecular complexity index is 260. The Balaban J connectivity index is 2.71. The SMILES string of the molecule is CCOC1CC(C(C)(C)CC)CCC1C(=O)O. The number of carbonyl (C=O) groups is 1. The van der Waals surface area contributed by atoms with Crippen LogP contribution in [0.2, 0.25) is 0 Å². The molecule has 3 atom stereocenters. The third kappa shape index (κ3) is 3.44. The zero-order valence-electron chi connectivity index (χ0n) is 11.5. The number of hydrogen-bond donors (Lipinski definition) is 1. The van der Waals surface area contributed by atoms with Crippen LogP contribution in [0.15, 0.2) is 0 Å². The molecule has 0 bridgehead atoms. The van der Waals surface area contributed by atoms with Crippen LogP contribution in [0.4, 0.5) is 0 Å². The quantitative estimate of drug-likeness (QED) is 0.804. The fraction of sp³-hybridized carbons (Fsp3) is 0.929. The summed E-state index contributed by atoms with van der Waals surface area (Å²) in [5, 5.41) is 9.20. The highest BCUT2D eigenvalue weighted by atomic mass is 16.5. The second-order valence-electron chi connectivity index (χ2n) is 5.79. The van der Waals surface area contributed by atoms with E-state index < -0.39 is 5.97 Å². The molecule has 3 nitrogen and oxygen atoms in total. The molecule has 3 heteroatoms. The molecule has 0 heterocycles. The first kappa shape index (κ1) is 14.5. The normalized spacial score (nSPS) is 30.2. The molecule has 100 valence electrons. The van der Waals surface area contributed by atoms with Gasteiger partial charge in [0.1, 0.15) is 0 Å². The second-order valence-corrected chi connectivity index (χ2v) is 5.79. The van der Waals surface area contributed by atoms with E-state index in [0.29, 0.717) is 17.9 Å². The Kier molecular flexibility index (Phi) is 4.99. The highest BCUT2D eigenvalue weighted by molar-refractivity contribution is 5.70. The van der Waals surface area contributed by atoms with Gasteiger partial charge in [-0.1, -0.05) is 27.2 Å². The van der Waals surface area contributed by atoms with Crippen LogP contribution in [0.25, 0.3) is 0 Å². The van der Waals surface area contributed by atoms with Crippen molar-refractivity contribution in [2.24, 2.45) is 17.3 Å². The van der Waals surface area contributed by atoms with Gasteiger partial charge in [0.2, 0.25) is 0 Å². The molecule has 0 aromatic heterocycles. The molecule has 1 fully saturated rings. The van der Waals surface area contributed by atoms with E-state index in [2.05, 4.69) is 20.8 Å². The van der Waals surface area contributed by atoms with Crippen LogP contribution in [0.3, 0.4) is 0 Å². The van der Waals surface area contributed by atoms with Gasteiger partial charge in [-0.2, -0.15) is 0 Å². The number of rotatable bonds is 5. The highest BCUT2D eigenvalue weighted by Gasteiger charge is 2.40. The molecular formula is C14H26O3. The molecule has 3 unspecified atom stereocenters. The van der Waals surface area contributed by atoms with Gasteiger partial charge >= 0.3 is 5.97 Å². The minimum absolute atomic E-state index is 0.0953. The molecule has 0 aliphatic heterocycles. The van der Waals surface area contributed by atoms with Crippen LogP contribution in [0.1, 0.15) is 53.4 Å². The Morgan fingerprint density at radius 2 is 2.00 bits per heavy atom. The first-order valence-electron chi connectivity index (χ1n) is 6.76. The van der Waals surface area contributed by atoms with E-state index in [1.54, 1.807) is 0 Å². The van der Waals surface area contributed by atoms with Crippen molar-refractivity contribution in [2.75, 3.05) is 6.61 Å². The molecule has 1 N–H and O–H groups in total. The molecule has 0 spiro atoms. The van der Waals surface area contributed by atoms with Gasteiger partial charge in [0.25, 0.3) is 0 Å². The molecule has 0 aromatic rings. The summed E-state index contributed by atoms with van der Waals surface area (Å²) in [7, 11) is 0. The topological polar surface area (TPSA) is 46.5 Å². The summed E-state index contributed by atoms with van der Waals surface area (Å²) in [4.78, 5) is 11.2. The van der Waals surface area contributed by atoms with E-state index in [9.17, 15) is 9.90 Å². The van der Waals surface area contributed by atoms with Crippen LogP contribution >= 0.6 is 0 Å². The largest absolute Gasteiger partial charge is 0.481 e. The van der Waals surface area contributed by atoms with Crippen molar-refractivity contribution >= 4 is 5.97 Å². The standard InChI is InChI=1S/C14H26O3/c1-5-14(3,4)10-7-8-11(13(15)16)12(9-10)17-6-2/h10-12H,5-9H2,1-4H3,(H,15,16). The molecule has 0 aromatic carbocycles. The van der Waals surface area contributed by atoms with Crippen molar-refractivity contribution in [1.82, 2.24) is 0 Å². The van der Waals surface area contributed by atoms with Crippen molar-refractivity contribution in [3.63, 3.8) is 0 Å². The first-order chi connectivity index (χ1) is 7.92. The maximum absolute atomic E-state index is 11.2. The van der Waals surface area contributed by atoms with E-state index in [-0.39, 0.29) is 12.0 Å². The van der Waals surface area contributed by atoms with Crippen LogP contribution < -0.4 is 0 Å². The molecule has 1 aliphatic carbocycles. The Hall–Kier alpha value is -0.570. The number of aliphatic carboxylic acids is 1. The monoisotopic (exact) mass is 242 g/mol. The third-order valence-corrected chi connectivity index (χ3v) is 4.51. The fourth-order valence-electron chi connectivity index (χ4n) is 2.81. The summed E-state index contributed by atoms with van der Waals surface area (Å²) in [6.07, 6.45) is 3.71. The van der Waals surface area contributed by atoms with Crippen molar-refractivity contribution in [3.8, 4) is 0 Å². The zero-order chi connectivity index (χ0) is 13.1. The summed E-state index contributed by atoms with van der Waals surface area (Å²) < 4.78 is 5.65. The lowest BCUT2D eigenvalue weighted by molar-refractivity contribution is -0.152. The van der Waals surface area contributed by atoms with Gasteiger partial charge in [-0.3, -0.25) is 4.79 Å². The smallest absolute Gasteiger partial charge is 0.309 e. The van der Waals surface area contributed by atoms with Crippen LogP contribution in [-0.4, -0.2) is 23.8 Å². The predicted octanol–water partition coefficient (Wildman–Crippen LogP) is 3.33. The molecule has 1 aliphatic rings. The molecule has 0 saturated heterocycles. The molecule has 1 rings (SSSR count). The maximum atomic E-state index is 11.2. The number of ether oxygens (including phenoxy) is 1. The average Bonchev–Trinajstić information content (AvgIpc) is 2.29. The van der Waals surface area contributed by atoms with Gasteiger partial charge in [0.15, 0.2) is 0 Å². The van der Waals surface area contributed by atoms with Gasteiger partial charge in [0.05, 0.1) is 12.0 Å². The summed E-state index contributed by atoms with van der Waals surface area (Å²) in [6.45, 7) is 9.31. The number of carboxylic acid groups (broad SMARTS) is 1. The lowest BCUT2D eigenvalue weighted by atomic mass is 9.66. The lowest BCUT2D eigenvalue weighted by Gasteiger charge is -2.41. The molecule has 17 heavy (non-hydrogen) atoms. The van der Waals surface area contributed by atoms with Crippen LogP contribution in [0, 0.1) is 17.3 Å². The Labute approximate surface area is 105 Å². The van der Waals surface area contributed by atoms with Crippen molar-refractivity contribution in [1.29, 1.82) is 0 Å². The Morgan fingerprint density at radius 3 is 2.47 bits per heavy atom. The van der Waals surface area contributed by atoms with E-state index in [4.69, 9.17) is 4.74 Å². The highest BCUT2D eigenvalue weighted by Crippen LogP contribution is 2.43. The van der Waals surface area contributed by atoms with Crippen LogP contribution in [0.5, 0.6) is 0 Å². The van der Waals surface area contributed by atoms with E-state index >= 15 is 0 Å². The van der Waals surface area contributed by atoms with Crippen molar-refractivity contribution in [3.05, 3.63) is 0 Å². The molecular weight excluding hydrogens is 216 g/mol. The van der Waals surface area contributed by atoms with E-state index in [1.165, 1.54) is 0 Å². The minimum Gasteiger partial charge on any atom is -0.481 e. The predicted molar refractivity (Wildman–Crippen MR) is 68.0 cm³/mol. The summed E-state index contributed by atoms with van der Waals surface area (Å²) in [5.74, 6) is -0.422. The van der Waals surface area contributed by atoms with E-state index in [0.717, 1.165) is 25.7 Å². The van der Waals surface area contributed by atoms with Gasteiger partial charge in [0, 0.05) is 6.61 Å². The fourth-order valence-corrected chi connectivity index (χ4v) is 2.81. The number of hydrogen-bond acceptors (Lipinski definition) is 2. The summed E-state index contributed by atoms with van der Waals surface area (Å²) in [5.41, 5.74) is 0.291. The first-order valence-corrected chi connectivity index (χ1v) is 6.76. The third-order valence-electron chi connectivity index (χ3n) is 4.51.